The molecular weight excluding hydrogens is 512 g/mol. The minimum absolute atomic E-state index is 0.0482. The molecule has 2 fully saturated rings. The van der Waals surface area contributed by atoms with E-state index in [9.17, 15) is 4.79 Å². The van der Waals surface area contributed by atoms with Crippen molar-refractivity contribution in [2.45, 2.75) is 118 Å². The summed E-state index contributed by atoms with van der Waals surface area (Å²) in [6.45, 7) is 15.8. The van der Waals surface area contributed by atoms with Gasteiger partial charge in [0.1, 0.15) is 6.10 Å². The number of hydrogen-bond acceptors (Lipinski definition) is 2. The molecule has 0 N–H and O–H groups in total. The van der Waals surface area contributed by atoms with E-state index < -0.39 is 0 Å². The van der Waals surface area contributed by atoms with Gasteiger partial charge in [-0.15, -0.1) is 0 Å². The Bertz CT molecular complexity index is 1120. The number of ketones is 1. The van der Waals surface area contributed by atoms with Gasteiger partial charge >= 0.3 is 0 Å². The first kappa shape index (κ1) is 32.7. The van der Waals surface area contributed by atoms with Crippen LogP contribution in [0.2, 0.25) is 0 Å². The Morgan fingerprint density at radius 2 is 1.93 bits per heavy atom. The molecule has 0 amide bonds. The largest absolute Gasteiger partial charge is 0.365 e. The predicted octanol–water partition coefficient (Wildman–Crippen LogP) is 10.8. The molecule has 2 nitrogen and oxygen atoms in total. The van der Waals surface area contributed by atoms with Crippen LogP contribution in [0.5, 0.6) is 0 Å². The highest BCUT2D eigenvalue weighted by atomic mass is 16.5. The number of Topliss-reactive ketones (excluding diaryl/α,β-unsaturated/α-hetero) is 1. The van der Waals surface area contributed by atoms with Gasteiger partial charge in [0.25, 0.3) is 0 Å². The average Bonchev–Trinajstić information content (AvgIpc) is 3.39. The summed E-state index contributed by atoms with van der Waals surface area (Å²) in [5.74, 6) is 2.41. The molecule has 0 aromatic rings. The van der Waals surface area contributed by atoms with Crippen molar-refractivity contribution in [3.8, 4) is 0 Å². The van der Waals surface area contributed by atoms with Crippen LogP contribution in [0.15, 0.2) is 83.6 Å². The zero-order valence-electron chi connectivity index (χ0n) is 27.4. The molecule has 5 unspecified atom stereocenters. The van der Waals surface area contributed by atoms with Crippen LogP contribution in [-0.2, 0) is 9.53 Å². The van der Waals surface area contributed by atoms with Gasteiger partial charge in [-0.2, -0.15) is 0 Å². The van der Waals surface area contributed by atoms with E-state index in [4.69, 9.17) is 4.74 Å². The van der Waals surface area contributed by atoms with Gasteiger partial charge in [0.2, 0.25) is 0 Å². The maximum absolute atomic E-state index is 14.1. The Labute approximate surface area is 257 Å². The molecule has 1 heterocycles. The van der Waals surface area contributed by atoms with Gasteiger partial charge < -0.3 is 4.74 Å². The van der Waals surface area contributed by atoms with Gasteiger partial charge in [-0.1, -0.05) is 120 Å². The summed E-state index contributed by atoms with van der Waals surface area (Å²) in [6, 6.07) is 0. The normalized spacial score (nSPS) is 32.6. The molecule has 4 rings (SSSR count). The van der Waals surface area contributed by atoms with Crippen LogP contribution >= 0.6 is 0 Å². The van der Waals surface area contributed by atoms with Crippen LogP contribution < -0.4 is 0 Å². The molecule has 42 heavy (non-hydrogen) atoms. The van der Waals surface area contributed by atoms with E-state index in [-0.39, 0.29) is 29.1 Å². The van der Waals surface area contributed by atoms with Crippen LogP contribution in [0.3, 0.4) is 0 Å². The zero-order valence-corrected chi connectivity index (χ0v) is 27.4. The first-order valence-corrected chi connectivity index (χ1v) is 17.1. The van der Waals surface area contributed by atoms with Gasteiger partial charge in [-0.3, -0.25) is 4.79 Å². The third-order valence-corrected chi connectivity index (χ3v) is 10.4. The smallest absolute Gasteiger partial charge is 0.187 e. The highest BCUT2D eigenvalue weighted by Gasteiger charge is 2.48. The van der Waals surface area contributed by atoms with Gasteiger partial charge in [0, 0.05) is 11.3 Å². The van der Waals surface area contributed by atoms with Crippen LogP contribution in [0, 0.1) is 35.0 Å². The maximum atomic E-state index is 14.1. The topological polar surface area (TPSA) is 26.3 Å². The molecule has 2 heteroatoms. The fraction of sp³-hybridized carbons (Fsp3) is 0.625. The first-order chi connectivity index (χ1) is 20.2. The Hall–Kier alpha value is -2.19. The zero-order chi connectivity index (χ0) is 30.1. The second-order valence-electron chi connectivity index (χ2n) is 14.4. The lowest BCUT2D eigenvalue weighted by atomic mass is 9.65. The van der Waals surface area contributed by atoms with Crippen LogP contribution in [0.4, 0.5) is 0 Å². The second kappa shape index (κ2) is 15.5. The van der Waals surface area contributed by atoms with Gasteiger partial charge in [-0.05, 0) is 99.2 Å². The summed E-state index contributed by atoms with van der Waals surface area (Å²) in [5.41, 5.74) is 5.01. The lowest BCUT2D eigenvalue weighted by Gasteiger charge is -2.39. The van der Waals surface area contributed by atoms with Crippen molar-refractivity contribution in [1.82, 2.24) is 0 Å². The summed E-state index contributed by atoms with van der Waals surface area (Å²) in [4.78, 5) is 14.1. The number of hydrogen-bond donors (Lipinski definition) is 0. The first-order valence-electron chi connectivity index (χ1n) is 17.1. The summed E-state index contributed by atoms with van der Waals surface area (Å²) >= 11 is 0. The van der Waals surface area contributed by atoms with Crippen LogP contribution in [-0.4, -0.2) is 18.5 Å². The molecule has 0 radical (unpaired) electrons. The van der Waals surface area contributed by atoms with Crippen molar-refractivity contribution in [3.63, 3.8) is 0 Å². The predicted molar refractivity (Wildman–Crippen MR) is 179 cm³/mol. The number of carbonyl (C=O) groups excluding carboxylic acids is 1. The summed E-state index contributed by atoms with van der Waals surface area (Å²) in [5, 5.41) is 0. The molecule has 230 valence electrons. The summed E-state index contributed by atoms with van der Waals surface area (Å²) in [6.07, 6.45) is 34.9. The lowest BCUT2D eigenvalue weighted by molar-refractivity contribution is -0.127. The number of allylic oxidation sites excluding steroid dienone is 11. The van der Waals surface area contributed by atoms with E-state index in [1.807, 2.05) is 6.08 Å². The van der Waals surface area contributed by atoms with Crippen molar-refractivity contribution in [2.24, 2.45) is 35.0 Å². The quantitative estimate of drug-likeness (QED) is 0.214. The molecule has 0 bridgehead atoms. The summed E-state index contributed by atoms with van der Waals surface area (Å²) < 4.78 is 6.41. The molecule has 4 aliphatic rings. The Kier molecular flexibility index (Phi) is 12.1. The number of ether oxygens (including phenoxy) is 1. The number of carbonyl (C=O) groups is 1. The average molecular weight is 571 g/mol. The van der Waals surface area contributed by atoms with E-state index in [0.717, 1.165) is 30.8 Å². The standard InChI is InChI=1S/C40H58O2/c1-7-23-40(5,6)27-32(8-2)30(4)24-35-26-36-33(25-31-19-12-10-13-20-31)21-16-15-18-29(3)17-11-9-14-22-34-28-42-39(37(34)36)38(35)41/h7-9,14,18,22-23,26-27,30-31,33,36-37,39H,2,10-13,15-17,19-21,24-25,28H2,1,3-6H3/b14-9+,23-7-,29-18+,32-27+,34-22+. The van der Waals surface area contributed by atoms with E-state index in [1.54, 1.807) is 0 Å². The molecule has 1 saturated carbocycles. The Balaban J connectivity index is 1.70. The van der Waals surface area contributed by atoms with Crippen molar-refractivity contribution in [1.29, 1.82) is 0 Å². The van der Waals surface area contributed by atoms with Crippen LogP contribution in [0.1, 0.15) is 112 Å². The minimum atomic E-state index is -0.332. The van der Waals surface area contributed by atoms with E-state index in [2.05, 4.69) is 89.8 Å². The molecule has 5 atom stereocenters. The molecule has 3 aliphatic carbocycles. The van der Waals surface area contributed by atoms with Crippen molar-refractivity contribution in [2.75, 3.05) is 6.61 Å². The lowest BCUT2D eigenvalue weighted by Crippen LogP contribution is -2.40. The maximum Gasteiger partial charge on any atom is 0.187 e. The van der Waals surface area contributed by atoms with E-state index >= 15 is 0 Å². The van der Waals surface area contributed by atoms with Crippen molar-refractivity contribution in [3.05, 3.63) is 83.6 Å². The summed E-state index contributed by atoms with van der Waals surface area (Å²) in [7, 11) is 0. The van der Waals surface area contributed by atoms with E-state index in [0.29, 0.717) is 18.4 Å². The minimum Gasteiger partial charge on any atom is -0.365 e. The fourth-order valence-electron chi connectivity index (χ4n) is 8.13. The molecule has 1 aliphatic heterocycles. The highest BCUT2D eigenvalue weighted by molar-refractivity contribution is 6.00. The number of rotatable bonds is 8. The van der Waals surface area contributed by atoms with Gasteiger partial charge in [-0.25, -0.2) is 0 Å². The molecular formula is C40H58O2. The van der Waals surface area contributed by atoms with Gasteiger partial charge in [0.05, 0.1) is 6.61 Å². The highest BCUT2D eigenvalue weighted by Crippen LogP contribution is 2.47. The molecule has 1 saturated heterocycles. The van der Waals surface area contributed by atoms with E-state index in [1.165, 1.54) is 74.5 Å². The Morgan fingerprint density at radius 3 is 2.67 bits per heavy atom. The Morgan fingerprint density at radius 1 is 1.14 bits per heavy atom. The fourth-order valence-corrected chi connectivity index (χ4v) is 8.13. The van der Waals surface area contributed by atoms with Crippen LogP contribution in [0.25, 0.3) is 0 Å². The molecule has 0 aromatic carbocycles. The van der Waals surface area contributed by atoms with Crippen molar-refractivity contribution >= 4 is 5.78 Å². The second-order valence-corrected chi connectivity index (χ2v) is 14.4. The molecule has 0 spiro atoms. The van der Waals surface area contributed by atoms with Gasteiger partial charge in [0.15, 0.2) is 5.78 Å². The molecule has 0 aromatic heterocycles. The third kappa shape index (κ3) is 8.68. The van der Waals surface area contributed by atoms with Crippen molar-refractivity contribution < 1.29 is 9.53 Å². The third-order valence-electron chi connectivity index (χ3n) is 10.4. The monoisotopic (exact) mass is 570 g/mol. The SMILES string of the molecule is C=C/C(=C\C(C)(C)/C=C\C)C(C)CC1=CC2C(CC3CCCCC3)CCC/C=C(\C)CC/C=C/C=C3\COC(C1=O)C32.